The Kier molecular flexibility index (Phi) is 2.50. The molecule has 0 bridgehead atoms. The van der Waals surface area contributed by atoms with E-state index in [0.29, 0.717) is 5.75 Å². The van der Waals surface area contributed by atoms with E-state index in [4.69, 9.17) is 4.74 Å². The van der Waals surface area contributed by atoms with Gasteiger partial charge in [0.1, 0.15) is 0 Å². The van der Waals surface area contributed by atoms with E-state index in [0.717, 1.165) is 19.3 Å². The molecule has 3 rings (SSSR count). The zero-order chi connectivity index (χ0) is 11.8. The molecule has 84 valence electrons. The summed E-state index contributed by atoms with van der Waals surface area (Å²) in [6.45, 7) is 0. The monoisotopic (exact) mass is 290 g/mol. The van der Waals surface area contributed by atoms with Gasteiger partial charge < -0.3 is 0 Å². The van der Waals surface area contributed by atoms with Crippen molar-refractivity contribution in [3.63, 3.8) is 0 Å². The van der Waals surface area contributed by atoms with Crippen molar-refractivity contribution in [2.24, 2.45) is 0 Å². The SMILES string of the molecule is COc1cccc2[se]c3ccccc3c(=O)c12. The van der Waals surface area contributed by atoms with Crippen LogP contribution in [0.3, 0.4) is 0 Å². The molecule has 2 nitrogen and oxygen atoms in total. The number of ether oxygens (including phenoxy) is 1. The predicted molar refractivity (Wildman–Crippen MR) is 71.2 cm³/mol. The molecule has 0 spiro atoms. The van der Waals surface area contributed by atoms with Gasteiger partial charge >= 0.3 is 104 Å². The first-order valence-electron chi connectivity index (χ1n) is 5.30. The third-order valence-corrected chi connectivity index (χ3v) is 5.17. The van der Waals surface area contributed by atoms with Crippen LogP contribution in [0.15, 0.2) is 47.3 Å². The zero-order valence-corrected chi connectivity index (χ0v) is 11.0. The van der Waals surface area contributed by atoms with E-state index >= 15 is 0 Å². The summed E-state index contributed by atoms with van der Waals surface area (Å²) in [6.07, 6.45) is 0. The van der Waals surface area contributed by atoms with E-state index in [-0.39, 0.29) is 19.9 Å². The van der Waals surface area contributed by atoms with Crippen LogP contribution in [0.1, 0.15) is 0 Å². The summed E-state index contributed by atoms with van der Waals surface area (Å²) in [6, 6.07) is 13.6. The molecule has 3 heteroatoms. The zero-order valence-electron chi connectivity index (χ0n) is 9.27. The summed E-state index contributed by atoms with van der Waals surface area (Å²) in [5, 5.41) is 1.57. The van der Waals surface area contributed by atoms with E-state index in [1.54, 1.807) is 7.11 Å². The van der Waals surface area contributed by atoms with Gasteiger partial charge in [0.2, 0.25) is 0 Å². The Morgan fingerprint density at radius 1 is 1.00 bits per heavy atom. The summed E-state index contributed by atoms with van der Waals surface area (Å²) >= 11 is 0.189. The molecular weight excluding hydrogens is 279 g/mol. The molecule has 0 radical (unpaired) electrons. The fraction of sp³-hybridized carbons (Fsp3) is 0.0714. The predicted octanol–water partition coefficient (Wildman–Crippen LogP) is 2.42. The molecule has 17 heavy (non-hydrogen) atoms. The van der Waals surface area contributed by atoms with Gasteiger partial charge in [-0.25, -0.2) is 0 Å². The van der Waals surface area contributed by atoms with E-state index in [9.17, 15) is 4.79 Å². The molecule has 0 fully saturated rings. The first kappa shape index (κ1) is 10.6. The molecule has 0 aliphatic carbocycles. The molecule has 0 atom stereocenters. The van der Waals surface area contributed by atoms with Crippen molar-refractivity contribution in [3.05, 3.63) is 52.7 Å². The van der Waals surface area contributed by atoms with Crippen molar-refractivity contribution in [1.82, 2.24) is 0 Å². The quantitative estimate of drug-likeness (QED) is 0.508. The van der Waals surface area contributed by atoms with Gasteiger partial charge in [0.15, 0.2) is 0 Å². The van der Waals surface area contributed by atoms with Gasteiger partial charge in [-0.15, -0.1) is 0 Å². The summed E-state index contributed by atoms with van der Waals surface area (Å²) in [5.74, 6) is 0.684. The molecule has 0 amide bonds. The Balaban J connectivity index is 2.60. The second kappa shape index (κ2) is 4.02. The van der Waals surface area contributed by atoms with E-state index in [1.165, 1.54) is 0 Å². The first-order valence-corrected chi connectivity index (χ1v) is 7.01. The molecule has 0 saturated heterocycles. The standard InChI is InChI=1S/C14H10O2Se/c1-16-10-6-4-8-12-13(10)14(15)9-5-2-3-7-11(9)17-12/h2-8H,1H3. The van der Waals surface area contributed by atoms with Crippen LogP contribution in [0.4, 0.5) is 0 Å². The number of benzene rings is 2. The number of rotatable bonds is 1. The van der Waals surface area contributed by atoms with E-state index in [2.05, 4.69) is 0 Å². The van der Waals surface area contributed by atoms with Crippen LogP contribution in [0.25, 0.3) is 19.3 Å². The summed E-state index contributed by atoms with van der Waals surface area (Å²) in [5.41, 5.74) is 0.0844. The Morgan fingerprint density at radius 2 is 1.76 bits per heavy atom. The molecule has 2 aromatic carbocycles. The van der Waals surface area contributed by atoms with E-state index in [1.807, 2.05) is 42.5 Å². The molecule has 3 aromatic rings. The molecule has 1 heterocycles. The molecular formula is C14H10O2Se. The number of hydrogen-bond acceptors (Lipinski definition) is 2. The number of methoxy groups -OCH3 is 1. The van der Waals surface area contributed by atoms with Crippen LogP contribution < -0.4 is 10.2 Å². The normalized spacial score (nSPS) is 10.9. The van der Waals surface area contributed by atoms with Gasteiger partial charge in [-0.2, -0.15) is 0 Å². The van der Waals surface area contributed by atoms with Crippen molar-refractivity contribution in [3.8, 4) is 5.75 Å². The van der Waals surface area contributed by atoms with Crippen molar-refractivity contribution < 1.29 is 4.74 Å². The first-order chi connectivity index (χ1) is 8.31. The van der Waals surface area contributed by atoms with Gasteiger partial charge in [0.25, 0.3) is 0 Å². The minimum absolute atomic E-state index is 0.0844. The van der Waals surface area contributed by atoms with Crippen LogP contribution in [-0.2, 0) is 0 Å². The fourth-order valence-corrected chi connectivity index (χ4v) is 4.29. The Labute approximate surface area is 104 Å². The third-order valence-electron chi connectivity index (χ3n) is 2.79. The average Bonchev–Trinajstić information content (AvgIpc) is 2.38. The van der Waals surface area contributed by atoms with Crippen molar-refractivity contribution >= 4 is 33.8 Å². The molecule has 0 N–H and O–H groups in total. The Hall–Kier alpha value is -1.57. The van der Waals surface area contributed by atoms with Gasteiger partial charge in [0.05, 0.1) is 0 Å². The second-order valence-electron chi connectivity index (χ2n) is 3.76. The van der Waals surface area contributed by atoms with Gasteiger partial charge in [-0.05, 0) is 0 Å². The Bertz CT molecular complexity index is 759. The number of hydrogen-bond donors (Lipinski definition) is 0. The van der Waals surface area contributed by atoms with Crippen LogP contribution in [0, 0.1) is 0 Å². The average molecular weight is 289 g/mol. The van der Waals surface area contributed by atoms with Gasteiger partial charge in [-0.1, -0.05) is 0 Å². The molecule has 0 unspecified atom stereocenters. The summed E-state index contributed by atoms with van der Waals surface area (Å²) in [7, 11) is 1.61. The summed E-state index contributed by atoms with van der Waals surface area (Å²) < 4.78 is 7.56. The maximum atomic E-state index is 12.4. The maximum absolute atomic E-state index is 12.4. The number of fused-ring (bicyclic) bond motifs is 2. The summed E-state index contributed by atoms with van der Waals surface area (Å²) in [4.78, 5) is 12.4. The Morgan fingerprint density at radius 3 is 2.59 bits per heavy atom. The second-order valence-corrected chi connectivity index (χ2v) is 6.03. The van der Waals surface area contributed by atoms with Gasteiger partial charge in [-0.3, -0.25) is 0 Å². The van der Waals surface area contributed by atoms with Crippen LogP contribution >= 0.6 is 0 Å². The molecule has 1 aromatic heterocycles. The third kappa shape index (κ3) is 1.59. The minimum atomic E-state index is 0.0844. The van der Waals surface area contributed by atoms with Gasteiger partial charge in [0, 0.05) is 0 Å². The van der Waals surface area contributed by atoms with Crippen molar-refractivity contribution in [1.29, 1.82) is 0 Å². The van der Waals surface area contributed by atoms with Crippen molar-refractivity contribution in [2.75, 3.05) is 7.11 Å². The molecule has 0 aliphatic heterocycles. The fourth-order valence-electron chi connectivity index (χ4n) is 1.99. The molecule has 0 saturated carbocycles. The van der Waals surface area contributed by atoms with E-state index < -0.39 is 0 Å². The van der Waals surface area contributed by atoms with Crippen LogP contribution in [0.5, 0.6) is 5.75 Å². The van der Waals surface area contributed by atoms with Crippen molar-refractivity contribution in [2.45, 2.75) is 0 Å². The topological polar surface area (TPSA) is 26.3 Å². The van der Waals surface area contributed by atoms with Crippen LogP contribution in [-0.4, -0.2) is 21.6 Å². The van der Waals surface area contributed by atoms with Crippen LogP contribution in [0.2, 0.25) is 0 Å². The molecule has 0 aliphatic rings.